The van der Waals surface area contributed by atoms with E-state index in [0.717, 1.165) is 51.3 Å². The van der Waals surface area contributed by atoms with Gasteiger partial charge in [-0.15, -0.1) is 5.10 Å². The Kier molecular flexibility index (Phi) is 4.79. The minimum Gasteiger partial charge on any atom is -0.385 e. The van der Waals surface area contributed by atoms with Crippen LogP contribution in [0.25, 0.3) is 0 Å². The Morgan fingerprint density at radius 1 is 1.32 bits per heavy atom. The molecule has 2 aromatic heterocycles. The highest BCUT2D eigenvalue weighted by atomic mass is 16.3. The van der Waals surface area contributed by atoms with E-state index in [2.05, 4.69) is 25.4 Å². The average molecular weight is 305 g/mol. The molecular weight excluding hydrogens is 282 g/mol. The van der Waals surface area contributed by atoms with Gasteiger partial charge in [0, 0.05) is 26.0 Å². The van der Waals surface area contributed by atoms with Crippen LogP contribution in [0.1, 0.15) is 31.2 Å². The van der Waals surface area contributed by atoms with Gasteiger partial charge in [-0.25, -0.2) is 9.67 Å². The molecule has 0 bridgehead atoms. The Bertz CT molecular complexity index is 560. The maximum absolute atomic E-state index is 10.5. The van der Waals surface area contributed by atoms with Crippen LogP contribution in [-0.2, 0) is 13.6 Å². The monoisotopic (exact) mass is 305 g/mol. The van der Waals surface area contributed by atoms with Crippen LogP contribution in [0.4, 0.5) is 0 Å². The van der Waals surface area contributed by atoms with Crippen molar-refractivity contribution in [1.82, 2.24) is 34.7 Å². The van der Waals surface area contributed by atoms with Gasteiger partial charge in [-0.3, -0.25) is 0 Å². The van der Waals surface area contributed by atoms with Gasteiger partial charge in [0.15, 0.2) is 0 Å². The zero-order valence-electron chi connectivity index (χ0n) is 12.9. The first kappa shape index (κ1) is 15.1. The van der Waals surface area contributed by atoms with Gasteiger partial charge in [0.25, 0.3) is 0 Å². The first-order valence-corrected chi connectivity index (χ1v) is 7.82. The summed E-state index contributed by atoms with van der Waals surface area (Å²) in [5.74, 6) is 1.08. The van der Waals surface area contributed by atoms with Crippen molar-refractivity contribution in [3.63, 3.8) is 0 Å². The molecule has 8 nitrogen and oxygen atoms in total. The van der Waals surface area contributed by atoms with Crippen molar-refractivity contribution in [2.45, 2.75) is 31.9 Å². The van der Waals surface area contributed by atoms with E-state index < -0.39 is 6.10 Å². The number of aromatic nitrogens is 6. The SMILES string of the molecule is Cn1ccnc1C(O)C1CCN(CCCn2cnnn2)CC1. The minimum atomic E-state index is -0.455. The molecule has 120 valence electrons. The molecule has 0 aromatic carbocycles. The summed E-state index contributed by atoms with van der Waals surface area (Å²) >= 11 is 0. The van der Waals surface area contributed by atoms with Crippen LogP contribution in [-0.4, -0.2) is 59.4 Å². The molecule has 0 amide bonds. The van der Waals surface area contributed by atoms with E-state index in [9.17, 15) is 5.11 Å². The molecule has 1 aliphatic heterocycles. The maximum atomic E-state index is 10.5. The molecule has 1 saturated heterocycles. The standard InChI is InChI=1S/C14H23N7O/c1-19-10-5-15-14(19)13(22)12-3-8-20(9-4-12)6-2-7-21-11-16-17-18-21/h5,10-13,22H,2-4,6-9H2,1H3. The number of tetrazole rings is 1. The number of hydrogen-bond donors (Lipinski definition) is 1. The van der Waals surface area contributed by atoms with Crippen LogP contribution in [0.15, 0.2) is 18.7 Å². The van der Waals surface area contributed by atoms with Crippen molar-refractivity contribution < 1.29 is 5.11 Å². The van der Waals surface area contributed by atoms with Crippen LogP contribution in [0.5, 0.6) is 0 Å². The van der Waals surface area contributed by atoms with Crippen molar-refractivity contribution in [3.05, 3.63) is 24.5 Å². The van der Waals surface area contributed by atoms with Crippen molar-refractivity contribution in [2.75, 3.05) is 19.6 Å². The third-order valence-corrected chi connectivity index (χ3v) is 4.45. The van der Waals surface area contributed by atoms with E-state index in [1.165, 1.54) is 0 Å². The lowest BCUT2D eigenvalue weighted by atomic mass is 9.90. The van der Waals surface area contributed by atoms with E-state index in [4.69, 9.17) is 0 Å². The van der Waals surface area contributed by atoms with Crippen LogP contribution in [0.3, 0.4) is 0 Å². The normalized spacial score (nSPS) is 18.6. The van der Waals surface area contributed by atoms with Gasteiger partial charge in [-0.05, 0) is 55.2 Å². The molecular formula is C14H23N7O. The molecule has 1 atom stereocenters. The molecule has 1 N–H and O–H groups in total. The smallest absolute Gasteiger partial charge is 0.138 e. The summed E-state index contributed by atoms with van der Waals surface area (Å²) in [6.45, 7) is 3.96. The molecule has 8 heteroatoms. The summed E-state index contributed by atoms with van der Waals surface area (Å²) < 4.78 is 3.67. The minimum absolute atomic E-state index is 0.303. The number of rotatable bonds is 6. The highest BCUT2D eigenvalue weighted by Crippen LogP contribution is 2.29. The second kappa shape index (κ2) is 6.97. The topological polar surface area (TPSA) is 84.9 Å². The molecule has 1 fully saturated rings. The zero-order chi connectivity index (χ0) is 15.4. The largest absolute Gasteiger partial charge is 0.385 e. The van der Waals surface area contributed by atoms with Gasteiger partial charge < -0.3 is 14.6 Å². The van der Waals surface area contributed by atoms with Crippen LogP contribution >= 0.6 is 0 Å². The number of nitrogens with zero attached hydrogens (tertiary/aromatic N) is 7. The fraction of sp³-hybridized carbons (Fsp3) is 0.714. The van der Waals surface area contributed by atoms with E-state index in [0.29, 0.717) is 5.92 Å². The molecule has 3 rings (SSSR count). The Hall–Kier alpha value is -1.80. The van der Waals surface area contributed by atoms with E-state index in [1.807, 2.05) is 17.8 Å². The highest BCUT2D eigenvalue weighted by molar-refractivity contribution is 4.98. The van der Waals surface area contributed by atoms with Crippen molar-refractivity contribution in [3.8, 4) is 0 Å². The lowest BCUT2D eigenvalue weighted by Gasteiger charge is -2.33. The molecule has 3 heterocycles. The number of imidazole rings is 1. The lowest BCUT2D eigenvalue weighted by molar-refractivity contribution is 0.0505. The molecule has 0 aliphatic carbocycles. The average Bonchev–Trinajstić information content (AvgIpc) is 3.19. The van der Waals surface area contributed by atoms with Gasteiger partial charge in [-0.1, -0.05) is 0 Å². The fourth-order valence-corrected chi connectivity index (χ4v) is 3.10. The van der Waals surface area contributed by atoms with Gasteiger partial charge in [0.2, 0.25) is 0 Å². The summed E-state index contributed by atoms with van der Waals surface area (Å²) in [4.78, 5) is 6.72. The number of likely N-dealkylation sites (tertiary alicyclic amines) is 1. The number of piperidine rings is 1. The predicted molar refractivity (Wildman–Crippen MR) is 79.8 cm³/mol. The summed E-state index contributed by atoms with van der Waals surface area (Å²) in [5, 5.41) is 21.6. The fourth-order valence-electron chi connectivity index (χ4n) is 3.10. The Balaban J connectivity index is 1.41. The second-order valence-corrected chi connectivity index (χ2v) is 5.95. The zero-order valence-corrected chi connectivity index (χ0v) is 12.9. The Labute approximate surface area is 129 Å². The quantitative estimate of drug-likeness (QED) is 0.823. The van der Waals surface area contributed by atoms with Gasteiger partial charge in [-0.2, -0.15) is 0 Å². The van der Waals surface area contributed by atoms with Crippen molar-refractivity contribution in [2.24, 2.45) is 13.0 Å². The number of hydrogen-bond acceptors (Lipinski definition) is 6. The van der Waals surface area contributed by atoms with Crippen LogP contribution in [0, 0.1) is 5.92 Å². The lowest BCUT2D eigenvalue weighted by Crippen LogP contribution is -2.37. The van der Waals surface area contributed by atoms with E-state index in [-0.39, 0.29) is 0 Å². The molecule has 1 aliphatic rings. The molecule has 1 unspecified atom stereocenters. The molecule has 2 aromatic rings. The van der Waals surface area contributed by atoms with Crippen molar-refractivity contribution >= 4 is 0 Å². The van der Waals surface area contributed by atoms with Crippen LogP contribution < -0.4 is 0 Å². The van der Waals surface area contributed by atoms with Gasteiger partial charge in [0.05, 0.1) is 0 Å². The first-order chi connectivity index (χ1) is 10.7. The van der Waals surface area contributed by atoms with Gasteiger partial charge in [0.1, 0.15) is 18.3 Å². The third-order valence-electron chi connectivity index (χ3n) is 4.45. The summed E-state index contributed by atoms with van der Waals surface area (Å²) in [7, 11) is 1.93. The number of aliphatic hydroxyl groups excluding tert-OH is 1. The highest BCUT2D eigenvalue weighted by Gasteiger charge is 2.28. The maximum Gasteiger partial charge on any atom is 0.138 e. The van der Waals surface area contributed by atoms with E-state index >= 15 is 0 Å². The second-order valence-electron chi connectivity index (χ2n) is 5.95. The van der Waals surface area contributed by atoms with E-state index in [1.54, 1.807) is 17.2 Å². The Morgan fingerprint density at radius 2 is 2.14 bits per heavy atom. The van der Waals surface area contributed by atoms with Gasteiger partial charge >= 0.3 is 0 Å². The first-order valence-electron chi connectivity index (χ1n) is 7.82. The molecule has 0 radical (unpaired) electrons. The molecule has 0 spiro atoms. The summed E-state index contributed by atoms with van der Waals surface area (Å²) in [6.07, 6.45) is 7.88. The number of aliphatic hydroxyl groups is 1. The number of aryl methyl sites for hydroxylation is 2. The Morgan fingerprint density at radius 3 is 2.77 bits per heavy atom. The van der Waals surface area contributed by atoms with Crippen LogP contribution in [0.2, 0.25) is 0 Å². The molecule has 22 heavy (non-hydrogen) atoms. The summed E-state index contributed by atoms with van der Waals surface area (Å²) in [6, 6.07) is 0. The predicted octanol–water partition coefficient (Wildman–Crippen LogP) is 0.242. The summed E-state index contributed by atoms with van der Waals surface area (Å²) in [5.41, 5.74) is 0. The third kappa shape index (κ3) is 3.50. The molecule has 0 saturated carbocycles. The van der Waals surface area contributed by atoms with Crippen molar-refractivity contribution in [1.29, 1.82) is 0 Å².